The van der Waals surface area contributed by atoms with E-state index in [1.807, 2.05) is 0 Å². The van der Waals surface area contributed by atoms with Crippen molar-refractivity contribution in [2.45, 2.75) is 26.1 Å². The molecule has 0 bridgehead atoms. The number of hydrogen-bond acceptors (Lipinski definition) is 7. The molecule has 0 aliphatic carbocycles. The number of rotatable bonds is 8. The highest BCUT2D eigenvalue weighted by Crippen LogP contribution is 2.28. The van der Waals surface area contributed by atoms with Crippen LogP contribution >= 0.6 is 11.6 Å². The Morgan fingerprint density at radius 1 is 1.03 bits per heavy atom. The van der Waals surface area contributed by atoms with Crippen molar-refractivity contribution in [2.75, 3.05) is 10.6 Å². The molecule has 196 valence electrons. The Morgan fingerprint density at radius 2 is 1.74 bits per heavy atom. The van der Waals surface area contributed by atoms with E-state index in [2.05, 4.69) is 25.8 Å². The fraction of sp³-hybridized carbons (Fsp3) is 0.160. The molecule has 4 rings (SSSR count). The van der Waals surface area contributed by atoms with Gasteiger partial charge in [-0.25, -0.2) is 4.98 Å². The number of nitrogens with one attached hydrogen (secondary N) is 2. The van der Waals surface area contributed by atoms with Gasteiger partial charge in [-0.3, -0.25) is 14.2 Å². The maximum Gasteiger partial charge on any atom is 0.435 e. The summed E-state index contributed by atoms with van der Waals surface area (Å²) in [4.78, 5) is 29.4. The maximum atomic E-state index is 13.2. The van der Waals surface area contributed by atoms with Crippen LogP contribution in [0.5, 0.6) is 11.6 Å². The van der Waals surface area contributed by atoms with Gasteiger partial charge in [-0.1, -0.05) is 30.7 Å². The summed E-state index contributed by atoms with van der Waals surface area (Å²) in [5.41, 5.74) is -0.223. The van der Waals surface area contributed by atoms with Crippen molar-refractivity contribution in [1.82, 2.24) is 19.7 Å². The monoisotopic (exact) mass is 544 g/mol. The summed E-state index contributed by atoms with van der Waals surface area (Å²) < 4.78 is 44.8. The van der Waals surface area contributed by atoms with Gasteiger partial charge in [-0.15, -0.1) is 10.2 Å². The van der Waals surface area contributed by atoms with Gasteiger partial charge in [0, 0.05) is 23.2 Å². The first-order valence-electron chi connectivity index (χ1n) is 11.2. The van der Waals surface area contributed by atoms with Gasteiger partial charge in [0.2, 0.25) is 17.7 Å². The van der Waals surface area contributed by atoms with E-state index in [0.717, 1.165) is 17.7 Å². The van der Waals surface area contributed by atoms with E-state index in [1.165, 1.54) is 10.8 Å². The lowest BCUT2D eigenvalue weighted by molar-refractivity contribution is -0.141. The number of carbonyl (C=O) groups is 1. The fourth-order valence-corrected chi connectivity index (χ4v) is 3.34. The third-order valence-corrected chi connectivity index (χ3v) is 5.41. The number of benzene rings is 2. The van der Waals surface area contributed by atoms with Crippen LogP contribution in [0.1, 0.15) is 24.6 Å². The molecule has 0 fully saturated rings. The Balaban J connectivity index is 1.55. The molecule has 0 spiro atoms. The molecule has 38 heavy (non-hydrogen) atoms. The van der Waals surface area contributed by atoms with Crippen molar-refractivity contribution < 1.29 is 22.7 Å². The molecular formula is C25H20ClF3N6O3. The second-order valence-electron chi connectivity index (χ2n) is 7.92. The van der Waals surface area contributed by atoms with Gasteiger partial charge < -0.3 is 15.4 Å². The van der Waals surface area contributed by atoms with Crippen LogP contribution in [0.2, 0.25) is 5.02 Å². The van der Waals surface area contributed by atoms with Crippen LogP contribution in [0.3, 0.4) is 0 Å². The lowest BCUT2D eigenvalue weighted by Gasteiger charge is -2.16. The number of anilines is 3. The van der Waals surface area contributed by atoms with Crippen LogP contribution in [0.4, 0.5) is 30.5 Å². The summed E-state index contributed by atoms with van der Waals surface area (Å²) in [7, 11) is 0. The highest BCUT2D eigenvalue weighted by molar-refractivity contribution is 6.30. The summed E-state index contributed by atoms with van der Waals surface area (Å²) >= 11 is 5.97. The zero-order valence-electron chi connectivity index (χ0n) is 19.8. The Labute approximate surface area is 219 Å². The summed E-state index contributed by atoms with van der Waals surface area (Å²) in [6.07, 6.45) is -3.12. The van der Waals surface area contributed by atoms with Crippen LogP contribution < -0.4 is 20.9 Å². The first kappa shape index (κ1) is 26.6. The summed E-state index contributed by atoms with van der Waals surface area (Å²) in [6.45, 7) is 1.82. The number of ether oxygens (including phenoxy) is 1. The molecule has 2 aromatic heterocycles. The van der Waals surface area contributed by atoms with Crippen LogP contribution in [0.15, 0.2) is 71.7 Å². The van der Waals surface area contributed by atoms with Gasteiger partial charge >= 0.3 is 6.18 Å². The van der Waals surface area contributed by atoms with Gasteiger partial charge in [-0.2, -0.15) is 13.2 Å². The third kappa shape index (κ3) is 6.65. The molecule has 0 saturated carbocycles. The molecule has 0 aliphatic heterocycles. The van der Waals surface area contributed by atoms with Crippen molar-refractivity contribution >= 4 is 34.8 Å². The predicted molar refractivity (Wildman–Crippen MR) is 135 cm³/mol. The van der Waals surface area contributed by atoms with E-state index in [1.54, 1.807) is 55.5 Å². The highest BCUT2D eigenvalue weighted by atomic mass is 35.5. The zero-order valence-corrected chi connectivity index (χ0v) is 20.5. The third-order valence-electron chi connectivity index (χ3n) is 5.16. The molecule has 2 aromatic carbocycles. The predicted octanol–water partition coefficient (Wildman–Crippen LogP) is 5.64. The molecule has 0 radical (unpaired) electrons. The molecule has 0 saturated heterocycles. The van der Waals surface area contributed by atoms with E-state index in [9.17, 15) is 22.8 Å². The molecule has 2 heterocycles. The first-order valence-corrected chi connectivity index (χ1v) is 11.6. The first-order chi connectivity index (χ1) is 18.1. The standard InChI is InChI=1S/C25H20ClF3N6O3/c1-2-21(36)32-19-13-30-24(35(23(19)37)14-15-3-5-16(26)6-4-15)31-17-7-9-18(10-8-17)38-22-12-11-20(33-34-22)25(27,28)29/h3-13H,2,14H2,1H3,(H,30,31)(H,32,36). The summed E-state index contributed by atoms with van der Waals surface area (Å²) in [5, 5.41) is 12.7. The number of halogens is 4. The van der Waals surface area contributed by atoms with Crippen LogP contribution in [0, 0.1) is 0 Å². The second kappa shape index (κ2) is 11.3. The Morgan fingerprint density at radius 3 is 2.34 bits per heavy atom. The molecule has 0 unspecified atom stereocenters. The normalized spacial score (nSPS) is 11.2. The number of carbonyl (C=O) groups excluding carboxylic acids is 1. The quantitative estimate of drug-likeness (QED) is 0.295. The van der Waals surface area contributed by atoms with E-state index in [4.69, 9.17) is 16.3 Å². The number of nitrogens with zero attached hydrogens (tertiary/aromatic N) is 4. The van der Waals surface area contributed by atoms with E-state index in [0.29, 0.717) is 16.5 Å². The highest BCUT2D eigenvalue weighted by Gasteiger charge is 2.33. The zero-order chi connectivity index (χ0) is 27.3. The average molecular weight is 545 g/mol. The Hall–Kier alpha value is -4.45. The second-order valence-corrected chi connectivity index (χ2v) is 8.36. The van der Waals surface area contributed by atoms with E-state index in [-0.39, 0.29) is 36.4 Å². The largest absolute Gasteiger partial charge is 0.438 e. The van der Waals surface area contributed by atoms with Gasteiger partial charge in [0.1, 0.15) is 11.4 Å². The topological polar surface area (TPSA) is 111 Å². The van der Waals surface area contributed by atoms with Crippen molar-refractivity contribution in [3.05, 3.63) is 93.5 Å². The van der Waals surface area contributed by atoms with Crippen molar-refractivity contribution in [2.24, 2.45) is 0 Å². The molecule has 9 nitrogen and oxygen atoms in total. The maximum absolute atomic E-state index is 13.2. The fourth-order valence-electron chi connectivity index (χ4n) is 3.22. The van der Waals surface area contributed by atoms with Crippen LogP contribution in [-0.4, -0.2) is 25.7 Å². The summed E-state index contributed by atoms with van der Waals surface area (Å²) in [6, 6.07) is 15.1. The molecular weight excluding hydrogens is 525 g/mol. The van der Waals surface area contributed by atoms with Crippen molar-refractivity contribution in [1.29, 1.82) is 0 Å². The molecule has 1 amide bonds. The smallest absolute Gasteiger partial charge is 0.435 e. The van der Waals surface area contributed by atoms with E-state index < -0.39 is 17.4 Å². The molecule has 0 atom stereocenters. The van der Waals surface area contributed by atoms with Crippen molar-refractivity contribution in [3.63, 3.8) is 0 Å². The minimum Gasteiger partial charge on any atom is -0.438 e. The lowest BCUT2D eigenvalue weighted by atomic mass is 10.2. The number of alkyl halides is 3. The number of hydrogen-bond donors (Lipinski definition) is 2. The Kier molecular flexibility index (Phi) is 7.91. The average Bonchev–Trinajstić information content (AvgIpc) is 2.89. The lowest BCUT2D eigenvalue weighted by Crippen LogP contribution is -2.28. The number of aromatic nitrogens is 4. The van der Waals surface area contributed by atoms with E-state index >= 15 is 0 Å². The van der Waals surface area contributed by atoms with Crippen molar-refractivity contribution in [3.8, 4) is 11.6 Å². The summed E-state index contributed by atoms with van der Waals surface area (Å²) in [5.74, 6) is 0.0772. The minimum atomic E-state index is -4.60. The molecule has 4 aromatic rings. The Bertz CT molecular complexity index is 1480. The van der Waals surface area contributed by atoms with Crippen LogP contribution in [-0.2, 0) is 17.5 Å². The van der Waals surface area contributed by atoms with Gasteiger partial charge in [0.15, 0.2) is 5.69 Å². The van der Waals surface area contributed by atoms with Gasteiger partial charge in [0.05, 0.1) is 12.7 Å². The van der Waals surface area contributed by atoms with Crippen LogP contribution in [0.25, 0.3) is 0 Å². The molecule has 13 heteroatoms. The van der Waals surface area contributed by atoms with Gasteiger partial charge in [0.25, 0.3) is 5.56 Å². The molecule has 2 N–H and O–H groups in total. The molecule has 0 aliphatic rings. The number of amides is 1. The SMILES string of the molecule is CCC(=O)Nc1cnc(Nc2ccc(Oc3ccc(C(F)(F)F)nn3)cc2)n(Cc2ccc(Cl)cc2)c1=O. The van der Waals surface area contributed by atoms with Gasteiger partial charge in [-0.05, 0) is 48.0 Å². The minimum absolute atomic E-state index is 0.0396.